The number of nitrogens with zero attached hydrogens (tertiary/aromatic N) is 2. The van der Waals surface area contributed by atoms with Gasteiger partial charge in [-0.1, -0.05) is 147 Å². The molecule has 0 saturated carbocycles. The lowest BCUT2D eigenvalue weighted by Gasteiger charge is -2.22. The molecule has 7 aromatic carbocycles. The van der Waals surface area contributed by atoms with Crippen LogP contribution in [0.25, 0.3) is 49.7 Å². The molecule has 1 aromatic heterocycles. The molecular weight excluding hydrogens is 633 g/mol. The Bertz CT molecular complexity index is 2580. The SMILES string of the molecule is CC1(C)c2ccccc2-c2cc3c4cc(-c5ccccc5)ccc4n(-c4cccc(C(N)NC(N=Cc5ccccc5)c5ccccc5)c4)c3cc21. The molecule has 0 aliphatic heterocycles. The summed E-state index contributed by atoms with van der Waals surface area (Å²) in [6, 6.07) is 60.3. The Hall–Kier alpha value is -6.07. The van der Waals surface area contributed by atoms with Crippen molar-refractivity contribution in [3.8, 4) is 27.9 Å². The molecule has 252 valence electrons. The summed E-state index contributed by atoms with van der Waals surface area (Å²) in [6.45, 7) is 4.69. The second-order valence-electron chi connectivity index (χ2n) is 14.3. The average Bonchev–Trinajstić information content (AvgIpc) is 3.64. The third-order valence-corrected chi connectivity index (χ3v) is 10.7. The molecule has 9 rings (SSSR count). The third kappa shape index (κ3) is 5.54. The Labute approximate surface area is 304 Å². The molecule has 0 radical (unpaired) electrons. The highest BCUT2D eigenvalue weighted by molar-refractivity contribution is 6.12. The molecule has 2 unspecified atom stereocenters. The lowest BCUT2D eigenvalue weighted by atomic mass is 9.82. The van der Waals surface area contributed by atoms with Crippen LogP contribution in [0.4, 0.5) is 0 Å². The molecule has 4 nitrogen and oxygen atoms in total. The van der Waals surface area contributed by atoms with Gasteiger partial charge in [0.05, 0.1) is 17.2 Å². The lowest BCUT2D eigenvalue weighted by Crippen LogP contribution is -2.31. The quantitative estimate of drug-likeness (QED) is 0.125. The van der Waals surface area contributed by atoms with Gasteiger partial charge in [0.15, 0.2) is 0 Å². The fourth-order valence-electron chi connectivity index (χ4n) is 7.99. The minimum absolute atomic E-state index is 0.114. The van der Waals surface area contributed by atoms with Gasteiger partial charge in [-0.3, -0.25) is 10.3 Å². The first kappa shape index (κ1) is 31.9. The minimum atomic E-state index is -0.464. The van der Waals surface area contributed by atoms with Crippen LogP contribution in [0.15, 0.2) is 175 Å². The molecule has 0 fully saturated rings. The maximum Gasteiger partial charge on any atom is 0.127 e. The van der Waals surface area contributed by atoms with Gasteiger partial charge in [0.1, 0.15) is 6.17 Å². The predicted octanol–water partition coefficient (Wildman–Crippen LogP) is 11.1. The summed E-state index contributed by atoms with van der Waals surface area (Å²) in [4.78, 5) is 4.96. The Morgan fingerprint density at radius 1 is 0.577 bits per heavy atom. The fourth-order valence-corrected chi connectivity index (χ4v) is 7.99. The van der Waals surface area contributed by atoms with Crippen LogP contribution in [0, 0.1) is 0 Å². The lowest BCUT2D eigenvalue weighted by molar-refractivity contribution is 0.467. The number of nitrogens with two attached hydrogens (primary N) is 1. The van der Waals surface area contributed by atoms with Crippen molar-refractivity contribution in [2.75, 3.05) is 0 Å². The summed E-state index contributed by atoms with van der Waals surface area (Å²) in [5, 5.41) is 6.09. The molecule has 3 N–H and O–H groups in total. The zero-order valence-corrected chi connectivity index (χ0v) is 29.4. The fraction of sp³-hybridized carbons (Fsp3) is 0.104. The highest BCUT2D eigenvalue weighted by Gasteiger charge is 2.36. The van der Waals surface area contributed by atoms with E-state index in [0.29, 0.717) is 0 Å². The minimum Gasteiger partial charge on any atom is -0.312 e. The number of fused-ring (bicyclic) bond motifs is 6. The second kappa shape index (κ2) is 12.9. The average molecular weight is 673 g/mol. The molecule has 8 aromatic rings. The van der Waals surface area contributed by atoms with E-state index in [4.69, 9.17) is 10.7 Å². The molecule has 1 heterocycles. The van der Waals surface area contributed by atoms with Crippen molar-refractivity contribution in [3.63, 3.8) is 0 Å². The Morgan fingerprint density at radius 3 is 2.04 bits per heavy atom. The molecule has 0 bridgehead atoms. The number of hydrogen-bond donors (Lipinski definition) is 2. The van der Waals surface area contributed by atoms with Gasteiger partial charge in [-0.25, -0.2) is 0 Å². The second-order valence-corrected chi connectivity index (χ2v) is 14.3. The van der Waals surface area contributed by atoms with E-state index in [1.165, 1.54) is 49.7 Å². The van der Waals surface area contributed by atoms with Crippen molar-refractivity contribution in [1.29, 1.82) is 0 Å². The maximum absolute atomic E-state index is 7.00. The van der Waals surface area contributed by atoms with Gasteiger partial charge < -0.3 is 10.3 Å². The highest BCUT2D eigenvalue weighted by Crippen LogP contribution is 2.51. The topological polar surface area (TPSA) is 55.3 Å². The van der Waals surface area contributed by atoms with E-state index < -0.39 is 6.17 Å². The molecule has 4 heteroatoms. The van der Waals surface area contributed by atoms with Crippen LogP contribution in [0.2, 0.25) is 0 Å². The van der Waals surface area contributed by atoms with Crippen LogP contribution >= 0.6 is 0 Å². The van der Waals surface area contributed by atoms with Gasteiger partial charge in [-0.05, 0) is 86.5 Å². The van der Waals surface area contributed by atoms with E-state index >= 15 is 0 Å². The van der Waals surface area contributed by atoms with Crippen LogP contribution < -0.4 is 11.1 Å². The van der Waals surface area contributed by atoms with Crippen LogP contribution in [-0.2, 0) is 5.41 Å². The van der Waals surface area contributed by atoms with Crippen molar-refractivity contribution in [3.05, 3.63) is 198 Å². The molecular formula is C48H40N4. The van der Waals surface area contributed by atoms with E-state index in [1.54, 1.807) is 0 Å². The summed E-state index contributed by atoms with van der Waals surface area (Å²) in [5.74, 6) is 0. The third-order valence-electron chi connectivity index (χ3n) is 10.7. The smallest absolute Gasteiger partial charge is 0.127 e. The van der Waals surface area contributed by atoms with Gasteiger partial charge in [0.25, 0.3) is 0 Å². The number of aliphatic imine (C=N–C) groups is 1. The van der Waals surface area contributed by atoms with Crippen molar-refractivity contribution >= 4 is 28.0 Å². The number of hydrogen-bond acceptors (Lipinski definition) is 3. The number of aromatic nitrogens is 1. The van der Waals surface area contributed by atoms with Crippen LogP contribution in [0.1, 0.15) is 54.0 Å². The molecule has 1 aliphatic carbocycles. The summed E-state index contributed by atoms with van der Waals surface area (Å²) in [6.07, 6.45) is 1.12. The molecule has 2 atom stereocenters. The van der Waals surface area contributed by atoms with Crippen molar-refractivity contribution in [2.24, 2.45) is 10.7 Å². The number of benzene rings is 7. The van der Waals surface area contributed by atoms with Crippen LogP contribution in [-0.4, -0.2) is 10.8 Å². The van der Waals surface area contributed by atoms with Gasteiger partial charge in [0.2, 0.25) is 0 Å². The van der Waals surface area contributed by atoms with E-state index in [1.807, 2.05) is 42.6 Å². The Balaban J connectivity index is 1.17. The van der Waals surface area contributed by atoms with E-state index in [0.717, 1.165) is 27.9 Å². The summed E-state index contributed by atoms with van der Waals surface area (Å²) < 4.78 is 2.41. The summed E-state index contributed by atoms with van der Waals surface area (Å²) in [5.41, 5.74) is 21.2. The highest BCUT2D eigenvalue weighted by atomic mass is 15.1. The molecule has 0 spiro atoms. The summed E-state index contributed by atoms with van der Waals surface area (Å²) in [7, 11) is 0. The van der Waals surface area contributed by atoms with E-state index in [9.17, 15) is 0 Å². The van der Waals surface area contributed by atoms with Crippen molar-refractivity contribution in [2.45, 2.75) is 31.6 Å². The van der Waals surface area contributed by atoms with Crippen LogP contribution in [0.5, 0.6) is 0 Å². The number of rotatable bonds is 8. The monoisotopic (exact) mass is 672 g/mol. The first-order chi connectivity index (χ1) is 25.5. The number of nitrogens with one attached hydrogen (secondary N) is 1. The largest absolute Gasteiger partial charge is 0.312 e. The Kier molecular flexibility index (Phi) is 7.92. The van der Waals surface area contributed by atoms with E-state index in [2.05, 4.69) is 157 Å². The zero-order valence-electron chi connectivity index (χ0n) is 29.4. The predicted molar refractivity (Wildman–Crippen MR) is 217 cm³/mol. The van der Waals surface area contributed by atoms with Gasteiger partial charge in [-0.2, -0.15) is 0 Å². The first-order valence-corrected chi connectivity index (χ1v) is 18.0. The standard InChI is InChI=1S/C48H40N4/c1-48(2)42-24-13-12-23-38(42)39-29-41-40-28-35(33-17-8-4-9-18-33)25-26-44(40)52(45(41)30-43(39)48)37-22-14-21-36(27-37)46(49)51-47(34-19-10-5-11-20-34)50-31-32-15-6-3-7-16-32/h3-31,46-47,51H,49H2,1-2H3. The maximum atomic E-state index is 7.00. The van der Waals surface area contributed by atoms with Crippen LogP contribution in [0.3, 0.4) is 0 Å². The van der Waals surface area contributed by atoms with Crippen molar-refractivity contribution < 1.29 is 0 Å². The van der Waals surface area contributed by atoms with Gasteiger partial charge in [0, 0.05) is 28.1 Å². The normalized spacial score (nSPS) is 14.4. The van der Waals surface area contributed by atoms with Crippen molar-refractivity contribution in [1.82, 2.24) is 9.88 Å². The first-order valence-electron chi connectivity index (χ1n) is 18.0. The summed E-state index contributed by atoms with van der Waals surface area (Å²) >= 11 is 0. The molecule has 1 aliphatic rings. The Morgan fingerprint density at radius 2 is 1.25 bits per heavy atom. The van der Waals surface area contributed by atoms with Gasteiger partial charge in [-0.15, -0.1) is 0 Å². The molecule has 52 heavy (non-hydrogen) atoms. The molecule has 0 saturated heterocycles. The van der Waals surface area contributed by atoms with Gasteiger partial charge >= 0.3 is 0 Å². The zero-order chi connectivity index (χ0) is 35.2. The van der Waals surface area contributed by atoms with E-state index in [-0.39, 0.29) is 11.6 Å². The molecule has 0 amide bonds.